The van der Waals surface area contributed by atoms with Crippen molar-refractivity contribution in [3.63, 3.8) is 0 Å². The Morgan fingerprint density at radius 2 is 1.12 bits per heavy atom. The van der Waals surface area contributed by atoms with Gasteiger partial charge in [-0.2, -0.15) is 0 Å². The molecule has 0 saturated heterocycles. The number of esters is 2. The Morgan fingerprint density at radius 3 is 1.65 bits per heavy atom. The first-order chi connectivity index (χ1) is 16.6. The molecule has 0 radical (unpaired) electrons. The molecule has 1 rings (SSSR count). The van der Waals surface area contributed by atoms with Gasteiger partial charge in [-0.15, -0.1) is 0 Å². The number of benzene rings is 1. The summed E-state index contributed by atoms with van der Waals surface area (Å²) in [5.41, 5.74) is 0. The van der Waals surface area contributed by atoms with E-state index >= 15 is 0 Å². The van der Waals surface area contributed by atoms with Gasteiger partial charge in [-0.05, 0) is 31.4 Å². The molecule has 0 aliphatic rings. The van der Waals surface area contributed by atoms with E-state index < -0.39 is 0 Å². The van der Waals surface area contributed by atoms with Gasteiger partial charge in [-0.3, -0.25) is 9.59 Å². The number of para-hydroxylation sites is 1. The number of ether oxygens (including phenoxy) is 4. The van der Waals surface area contributed by atoms with Crippen molar-refractivity contribution in [3.05, 3.63) is 18.2 Å². The van der Waals surface area contributed by atoms with Crippen molar-refractivity contribution in [1.29, 1.82) is 0 Å². The number of rotatable bonds is 21. The maximum Gasteiger partial charge on any atom is 0.311 e. The highest BCUT2D eigenvalue weighted by Gasteiger charge is 2.15. The normalized spacial score (nSPS) is 10.7. The first-order valence-electron chi connectivity index (χ1n) is 13.2. The van der Waals surface area contributed by atoms with E-state index in [0.717, 1.165) is 51.4 Å². The number of hydrogen-bond donors (Lipinski definition) is 0. The van der Waals surface area contributed by atoms with Crippen molar-refractivity contribution in [3.8, 4) is 17.2 Å². The van der Waals surface area contributed by atoms with Gasteiger partial charge in [0.15, 0.2) is 11.5 Å². The van der Waals surface area contributed by atoms with Gasteiger partial charge in [-0.1, -0.05) is 83.6 Å². The van der Waals surface area contributed by atoms with Crippen molar-refractivity contribution < 1.29 is 28.5 Å². The number of unbranched alkanes of at least 4 members (excludes halogenated alkanes) is 12. The zero-order valence-electron chi connectivity index (χ0n) is 21.7. The van der Waals surface area contributed by atoms with Crippen LogP contribution < -0.4 is 14.2 Å². The van der Waals surface area contributed by atoms with E-state index in [-0.39, 0.29) is 11.9 Å². The molecule has 6 nitrogen and oxygen atoms in total. The quantitative estimate of drug-likeness (QED) is 0.104. The summed E-state index contributed by atoms with van der Waals surface area (Å²) < 4.78 is 21.3. The fourth-order valence-corrected chi connectivity index (χ4v) is 3.82. The molecule has 0 aliphatic heterocycles. The van der Waals surface area contributed by atoms with Crippen LogP contribution in [0.1, 0.15) is 110 Å². The van der Waals surface area contributed by atoms with Crippen molar-refractivity contribution in [2.45, 2.75) is 110 Å². The zero-order valence-corrected chi connectivity index (χ0v) is 21.7. The minimum atomic E-state index is -0.290. The van der Waals surface area contributed by atoms with Crippen molar-refractivity contribution in [2.75, 3.05) is 20.8 Å². The highest BCUT2D eigenvalue weighted by molar-refractivity contribution is 5.74. The predicted molar refractivity (Wildman–Crippen MR) is 136 cm³/mol. The van der Waals surface area contributed by atoms with E-state index in [1.165, 1.54) is 52.7 Å². The van der Waals surface area contributed by atoms with E-state index in [1.54, 1.807) is 18.2 Å². The average molecular weight is 479 g/mol. The van der Waals surface area contributed by atoms with E-state index in [0.29, 0.717) is 36.7 Å². The lowest BCUT2D eigenvalue weighted by Gasteiger charge is -2.12. The van der Waals surface area contributed by atoms with Crippen LogP contribution in [0.15, 0.2) is 18.2 Å². The molecule has 0 spiro atoms. The third kappa shape index (κ3) is 14.1. The molecule has 1 aromatic rings. The van der Waals surface area contributed by atoms with Crippen LogP contribution in [-0.4, -0.2) is 32.8 Å². The predicted octanol–water partition coefficient (Wildman–Crippen LogP) is 7.41. The van der Waals surface area contributed by atoms with Gasteiger partial charge in [0.1, 0.15) is 0 Å². The number of carbonyl (C=O) groups excluding carboxylic acids is 2. The van der Waals surface area contributed by atoms with Crippen LogP contribution in [0.2, 0.25) is 0 Å². The molecule has 0 N–H and O–H groups in total. The van der Waals surface area contributed by atoms with Crippen LogP contribution in [0, 0.1) is 0 Å². The van der Waals surface area contributed by atoms with Crippen LogP contribution in [0.25, 0.3) is 0 Å². The SMILES string of the molecule is CCCCCCCCCCOC(=O)CCCCCCCCC(=O)Oc1c(OC)cccc1OC. The van der Waals surface area contributed by atoms with E-state index in [4.69, 9.17) is 18.9 Å². The second kappa shape index (κ2) is 20.2. The fraction of sp³-hybridized carbons (Fsp3) is 0.714. The standard InChI is InChI=1S/C28H46O6/c1-4-5-6-7-8-11-14-17-23-33-26(29)21-15-12-9-10-13-16-22-27(30)34-28-24(31-2)19-18-20-25(28)32-3/h18-20H,4-17,21-23H2,1-3H3. The van der Waals surface area contributed by atoms with Crippen molar-refractivity contribution in [2.24, 2.45) is 0 Å². The second-order valence-electron chi connectivity index (χ2n) is 8.78. The third-order valence-corrected chi connectivity index (χ3v) is 5.87. The number of hydrogen-bond acceptors (Lipinski definition) is 6. The molecule has 6 heteroatoms. The van der Waals surface area contributed by atoms with E-state index in [2.05, 4.69) is 6.92 Å². The molecule has 0 unspecified atom stereocenters. The van der Waals surface area contributed by atoms with Crippen LogP contribution in [0.3, 0.4) is 0 Å². The van der Waals surface area contributed by atoms with Crippen molar-refractivity contribution in [1.82, 2.24) is 0 Å². The van der Waals surface area contributed by atoms with Gasteiger partial charge in [0, 0.05) is 12.8 Å². The van der Waals surface area contributed by atoms with Gasteiger partial charge in [0.25, 0.3) is 0 Å². The van der Waals surface area contributed by atoms with Crippen LogP contribution in [0.4, 0.5) is 0 Å². The molecule has 0 fully saturated rings. The maximum atomic E-state index is 12.2. The van der Waals surface area contributed by atoms with Crippen LogP contribution in [-0.2, 0) is 14.3 Å². The van der Waals surface area contributed by atoms with Gasteiger partial charge in [0.05, 0.1) is 20.8 Å². The Balaban J connectivity index is 1.97. The first kappa shape index (κ1) is 29.8. The van der Waals surface area contributed by atoms with Crippen molar-refractivity contribution >= 4 is 11.9 Å². The monoisotopic (exact) mass is 478 g/mol. The zero-order chi connectivity index (χ0) is 24.9. The molecule has 0 bridgehead atoms. The highest BCUT2D eigenvalue weighted by Crippen LogP contribution is 2.37. The molecule has 0 heterocycles. The number of methoxy groups -OCH3 is 2. The minimum Gasteiger partial charge on any atom is -0.493 e. The summed E-state index contributed by atoms with van der Waals surface area (Å²) in [5.74, 6) is 0.916. The Kier molecular flexibility index (Phi) is 17.7. The van der Waals surface area contributed by atoms with Gasteiger partial charge < -0.3 is 18.9 Å². The van der Waals surface area contributed by atoms with E-state index in [9.17, 15) is 9.59 Å². The summed E-state index contributed by atoms with van der Waals surface area (Å²) in [7, 11) is 3.06. The maximum absolute atomic E-state index is 12.2. The molecule has 1 aromatic carbocycles. The molecular formula is C28H46O6. The van der Waals surface area contributed by atoms with Gasteiger partial charge in [0.2, 0.25) is 5.75 Å². The largest absolute Gasteiger partial charge is 0.493 e. The topological polar surface area (TPSA) is 71.1 Å². The van der Waals surface area contributed by atoms with Gasteiger partial charge >= 0.3 is 11.9 Å². The average Bonchev–Trinajstić information content (AvgIpc) is 2.84. The molecular weight excluding hydrogens is 432 g/mol. The minimum absolute atomic E-state index is 0.0718. The summed E-state index contributed by atoms with van der Waals surface area (Å²) in [6, 6.07) is 5.25. The Hall–Kier alpha value is -2.24. The highest BCUT2D eigenvalue weighted by atomic mass is 16.6. The summed E-state index contributed by atoms with van der Waals surface area (Å²) in [4.78, 5) is 24.0. The van der Waals surface area contributed by atoms with Gasteiger partial charge in [-0.25, -0.2) is 0 Å². The molecule has 0 aliphatic carbocycles. The Bertz CT molecular complexity index is 651. The molecule has 0 saturated carbocycles. The molecule has 0 atom stereocenters. The van der Waals surface area contributed by atoms with Crippen LogP contribution >= 0.6 is 0 Å². The Labute approximate surface area is 206 Å². The first-order valence-corrected chi connectivity index (χ1v) is 13.2. The second-order valence-corrected chi connectivity index (χ2v) is 8.78. The molecule has 0 amide bonds. The lowest BCUT2D eigenvalue weighted by Crippen LogP contribution is -2.09. The van der Waals surface area contributed by atoms with E-state index in [1.807, 2.05) is 0 Å². The lowest BCUT2D eigenvalue weighted by atomic mass is 10.1. The molecule has 0 aromatic heterocycles. The van der Waals surface area contributed by atoms with Crippen LogP contribution in [0.5, 0.6) is 17.2 Å². The molecule has 34 heavy (non-hydrogen) atoms. The lowest BCUT2D eigenvalue weighted by molar-refractivity contribution is -0.144. The summed E-state index contributed by atoms with van der Waals surface area (Å²) in [6.45, 7) is 2.80. The molecule has 194 valence electrons. The third-order valence-electron chi connectivity index (χ3n) is 5.87. The fourth-order valence-electron chi connectivity index (χ4n) is 3.82. The Morgan fingerprint density at radius 1 is 0.647 bits per heavy atom. The summed E-state index contributed by atoms with van der Waals surface area (Å²) >= 11 is 0. The number of carbonyl (C=O) groups is 2. The smallest absolute Gasteiger partial charge is 0.311 e. The summed E-state index contributed by atoms with van der Waals surface area (Å²) in [6.07, 6.45) is 16.5. The summed E-state index contributed by atoms with van der Waals surface area (Å²) in [5, 5.41) is 0.